The van der Waals surface area contributed by atoms with E-state index in [1.54, 1.807) is 0 Å². The Morgan fingerprint density at radius 2 is 1.83 bits per heavy atom. The molecule has 0 unspecified atom stereocenters. The number of hydrogen-bond acceptors (Lipinski definition) is 5. The van der Waals surface area contributed by atoms with E-state index < -0.39 is 28.6 Å². The van der Waals surface area contributed by atoms with E-state index in [-0.39, 0.29) is 18.0 Å². The average molecular weight is 395 g/mol. The summed E-state index contributed by atoms with van der Waals surface area (Å²) >= 11 is 0. The fraction of sp³-hybridized carbons (Fsp3) is 0.333. The standard InChI is InChI=1S/C21H21N3O5/c25-17-7-4-12-21(27)18(17)19(15-8-10-16(11-9-15)24(28)29)22-20(26)23(21)13-14-5-2-1-3-6-14/h1-3,5-6,8-11,18-19,27H,4,7,12-13H2,(H,22,26)/t18-,19-,21+/m1/s1. The second-order valence-corrected chi connectivity index (χ2v) is 7.52. The largest absolute Gasteiger partial charge is 0.370 e. The van der Waals surface area contributed by atoms with Gasteiger partial charge in [-0.05, 0) is 24.0 Å². The van der Waals surface area contributed by atoms with E-state index in [4.69, 9.17) is 0 Å². The zero-order valence-electron chi connectivity index (χ0n) is 15.7. The number of ketones is 1. The molecule has 1 aliphatic carbocycles. The molecular weight excluding hydrogens is 374 g/mol. The predicted octanol–water partition coefficient (Wildman–Crippen LogP) is 2.92. The number of carbonyl (C=O) groups excluding carboxylic acids is 2. The first kappa shape index (κ1) is 19.1. The zero-order chi connectivity index (χ0) is 20.6. The maximum Gasteiger partial charge on any atom is 0.320 e. The van der Waals surface area contributed by atoms with E-state index in [0.717, 1.165) is 5.56 Å². The average Bonchev–Trinajstić information content (AvgIpc) is 2.71. The molecule has 0 aromatic heterocycles. The maximum atomic E-state index is 13.0. The van der Waals surface area contributed by atoms with E-state index in [1.807, 2.05) is 30.3 Å². The summed E-state index contributed by atoms with van der Waals surface area (Å²) in [6.45, 7) is 0.180. The summed E-state index contributed by atoms with van der Waals surface area (Å²) in [4.78, 5) is 37.6. The van der Waals surface area contributed by atoms with Gasteiger partial charge in [-0.2, -0.15) is 0 Å². The number of nitro benzene ring substituents is 1. The van der Waals surface area contributed by atoms with Crippen molar-refractivity contribution in [1.29, 1.82) is 0 Å². The number of nitro groups is 1. The molecule has 1 saturated heterocycles. The van der Waals surface area contributed by atoms with Gasteiger partial charge >= 0.3 is 6.03 Å². The number of carbonyl (C=O) groups is 2. The molecule has 1 saturated carbocycles. The van der Waals surface area contributed by atoms with Gasteiger partial charge < -0.3 is 10.4 Å². The molecule has 29 heavy (non-hydrogen) atoms. The van der Waals surface area contributed by atoms with E-state index >= 15 is 0 Å². The van der Waals surface area contributed by atoms with Crippen LogP contribution in [-0.4, -0.2) is 32.5 Å². The summed E-state index contributed by atoms with van der Waals surface area (Å²) in [5, 5.41) is 25.3. The minimum atomic E-state index is -1.61. The summed E-state index contributed by atoms with van der Waals surface area (Å²) in [6.07, 6.45) is 1.12. The summed E-state index contributed by atoms with van der Waals surface area (Å²) in [5.74, 6) is -0.973. The molecule has 8 heteroatoms. The number of non-ortho nitro benzene ring substituents is 1. The van der Waals surface area contributed by atoms with Crippen molar-refractivity contribution in [2.75, 3.05) is 0 Å². The van der Waals surface area contributed by atoms with Gasteiger partial charge in [-0.3, -0.25) is 19.8 Å². The third kappa shape index (κ3) is 3.36. The van der Waals surface area contributed by atoms with Crippen molar-refractivity contribution in [2.45, 2.75) is 37.6 Å². The van der Waals surface area contributed by atoms with Gasteiger partial charge in [-0.15, -0.1) is 0 Å². The first-order chi connectivity index (χ1) is 13.9. The number of nitrogens with one attached hydrogen (secondary N) is 1. The van der Waals surface area contributed by atoms with E-state index in [9.17, 15) is 24.8 Å². The number of aliphatic hydroxyl groups is 1. The molecule has 0 spiro atoms. The number of nitrogens with zero attached hydrogens (tertiary/aromatic N) is 2. The Morgan fingerprint density at radius 1 is 1.14 bits per heavy atom. The number of benzene rings is 2. The third-order valence-corrected chi connectivity index (χ3v) is 5.78. The van der Waals surface area contributed by atoms with Crippen molar-refractivity contribution < 1.29 is 19.6 Å². The van der Waals surface area contributed by atoms with Crippen LogP contribution in [0, 0.1) is 16.0 Å². The van der Waals surface area contributed by atoms with E-state index in [0.29, 0.717) is 24.8 Å². The normalized spacial score (nSPS) is 26.6. The highest BCUT2D eigenvalue weighted by Crippen LogP contribution is 2.45. The molecular formula is C21H21N3O5. The highest BCUT2D eigenvalue weighted by Gasteiger charge is 2.57. The summed E-state index contributed by atoms with van der Waals surface area (Å²) < 4.78 is 0. The van der Waals surface area contributed by atoms with Gasteiger partial charge in [0.2, 0.25) is 0 Å². The molecule has 0 radical (unpaired) electrons. The Bertz CT molecular complexity index is 947. The second kappa shape index (κ2) is 7.29. The molecule has 2 fully saturated rings. The highest BCUT2D eigenvalue weighted by molar-refractivity contribution is 5.88. The molecule has 2 aliphatic rings. The van der Waals surface area contributed by atoms with Crippen LogP contribution in [-0.2, 0) is 11.3 Å². The number of fused-ring (bicyclic) bond motifs is 1. The Morgan fingerprint density at radius 3 is 2.48 bits per heavy atom. The SMILES string of the molecule is O=C1CCC[C@]2(O)[C@H]1[C@@H](c1ccc([N+](=O)[O-])cc1)NC(=O)N2Cc1ccccc1. The number of amides is 2. The van der Waals surface area contributed by atoms with Crippen LogP contribution < -0.4 is 5.32 Å². The monoisotopic (exact) mass is 395 g/mol. The third-order valence-electron chi connectivity index (χ3n) is 5.78. The molecule has 2 aromatic carbocycles. The van der Waals surface area contributed by atoms with Gasteiger partial charge in [0.15, 0.2) is 5.72 Å². The molecule has 4 rings (SSSR count). The van der Waals surface area contributed by atoms with Crippen LogP contribution in [0.2, 0.25) is 0 Å². The molecule has 1 aliphatic heterocycles. The van der Waals surface area contributed by atoms with Crippen LogP contribution in [0.3, 0.4) is 0 Å². The van der Waals surface area contributed by atoms with Crippen molar-refractivity contribution in [1.82, 2.24) is 10.2 Å². The number of rotatable bonds is 4. The molecule has 2 amide bonds. The van der Waals surface area contributed by atoms with Gasteiger partial charge in [-0.25, -0.2) is 4.79 Å². The number of Topliss-reactive ketones (excluding diaryl/α,β-unsaturated/α-hetero) is 1. The van der Waals surface area contributed by atoms with Crippen LogP contribution in [0.1, 0.15) is 36.4 Å². The molecule has 2 N–H and O–H groups in total. The predicted molar refractivity (Wildman–Crippen MR) is 104 cm³/mol. The van der Waals surface area contributed by atoms with Crippen LogP contribution in [0.4, 0.5) is 10.5 Å². The van der Waals surface area contributed by atoms with Crippen LogP contribution in [0.25, 0.3) is 0 Å². The summed E-state index contributed by atoms with van der Waals surface area (Å²) in [7, 11) is 0. The summed E-state index contributed by atoms with van der Waals surface area (Å²) in [5.41, 5.74) is -0.282. The fourth-order valence-electron chi connectivity index (χ4n) is 4.37. The van der Waals surface area contributed by atoms with E-state index in [2.05, 4.69) is 5.32 Å². The van der Waals surface area contributed by atoms with Crippen molar-refractivity contribution in [2.24, 2.45) is 5.92 Å². The van der Waals surface area contributed by atoms with Crippen molar-refractivity contribution in [3.05, 3.63) is 75.8 Å². The molecule has 150 valence electrons. The Balaban J connectivity index is 1.70. The van der Waals surface area contributed by atoms with Crippen LogP contribution in [0.15, 0.2) is 54.6 Å². The zero-order valence-corrected chi connectivity index (χ0v) is 15.7. The van der Waals surface area contributed by atoms with E-state index in [1.165, 1.54) is 29.2 Å². The lowest BCUT2D eigenvalue weighted by molar-refractivity contribution is -0.384. The first-order valence-corrected chi connectivity index (χ1v) is 9.51. The minimum Gasteiger partial charge on any atom is -0.370 e. The first-order valence-electron chi connectivity index (χ1n) is 9.51. The van der Waals surface area contributed by atoms with Crippen LogP contribution >= 0.6 is 0 Å². The van der Waals surface area contributed by atoms with Crippen molar-refractivity contribution in [3.8, 4) is 0 Å². The quantitative estimate of drug-likeness (QED) is 0.610. The minimum absolute atomic E-state index is 0.0770. The van der Waals surface area contributed by atoms with Gasteiger partial charge in [0.25, 0.3) is 5.69 Å². The Labute approximate surface area is 167 Å². The summed E-state index contributed by atoms with van der Waals surface area (Å²) in [6, 6.07) is 13.8. The van der Waals surface area contributed by atoms with Crippen LogP contribution in [0.5, 0.6) is 0 Å². The highest BCUT2D eigenvalue weighted by atomic mass is 16.6. The topological polar surface area (TPSA) is 113 Å². The van der Waals surface area contributed by atoms with Gasteiger partial charge in [-0.1, -0.05) is 42.5 Å². The molecule has 1 heterocycles. The number of hydrogen-bond donors (Lipinski definition) is 2. The Kier molecular flexibility index (Phi) is 4.79. The van der Waals surface area contributed by atoms with Gasteiger partial charge in [0, 0.05) is 18.6 Å². The fourth-order valence-corrected chi connectivity index (χ4v) is 4.37. The smallest absolute Gasteiger partial charge is 0.320 e. The number of urea groups is 1. The lowest BCUT2D eigenvalue weighted by atomic mass is 9.71. The Hall–Kier alpha value is -3.26. The van der Waals surface area contributed by atoms with Gasteiger partial charge in [0.1, 0.15) is 5.78 Å². The lowest BCUT2D eigenvalue weighted by Crippen LogP contribution is -2.69. The van der Waals surface area contributed by atoms with Crippen molar-refractivity contribution in [3.63, 3.8) is 0 Å². The lowest BCUT2D eigenvalue weighted by Gasteiger charge is -2.53. The molecule has 0 bridgehead atoms. The van der Waals surface area contributed by atoms with Crippen molar-refractivity contribution >= 4 is 17.5 Å². The second-order valence-electron chi connectivity index (χ2n) is 7.52. The van der Waals surface area contributed by atoms with Gasteiger partial charge in [0.05, 0.1) is 23.4 Å². The maximum absolute atomic E-state index is 13.0. The molecule has 8 nitrogen and oxygen atoms in total. The molecule has 3 atom stereocenters. The molecule has 2 aromatic rings.